The van der Waals surface area contributed by atoms with Crippen LogP contribution < -0.4 is 5.32 Å². The van der Waals surface area contributed by atoms with Crippen molar-refractivity contribution in [3.05, 3.63) is 35.0 Å². The smallest absolute Gasteiger partial charge is 0.268 e. The minimum atomic E-state index is -0.219. The average Bonchev–Trinajstić information content (AvgIpc) is 2.78. The number of carbonyl (C=O) groups excluding carboxylic acids is 1. The standard InChI is InChI=1S/C13H15ClN2O2/c1-2-10(7-17)15-13(18)12-5-8-3-4-9(14)6-11(8)16-12/h3-6,10,16-17H,2,7H2,1H3,(H,15,18). The molecule has 1 unspecified atom stereocenters. The van der Waals surface area contributed by atoms with E-state index in [4.69, 9.17) is 16.7 Å². The van der Waals surface area contributed by atoms with Crippen molar-refractivity contribution in [2.24, 2.45) is 0 Å². The highest BCUT2D eigenvalue weighted by molar-refractivity contribution is 6.31. The molecule has 1 amide bonds. The number of H-pyrrole nitrogens is 1. The Hall–Kier alpha value is -1.52. The molecule has 1 atom stereocenters. The van der Waals surface area contributed by atoms with Crippen LogP contribution in [-0.4, -0.2) is 28.6 Å². The monoisotopic (exact) mass is 266 g/mol. The van der Waals surface area contributed by atoms with Crippen LogP contribution in [0, 0.1) is 0 Å². The number of fused-ring (bicyclic) bond motifs is 1. The van der Waals surface area contributed by atoms with Crippen LogP contribution in [0.2, 0.25) is 5.02 Å². The molecule has 4 nitrogen and oxygen atoms in total. The zero-order valence-electron chi connectivity index (χ0n) is 10.0. The molecule has 18 heavy (non-hydrogen) atoms. The molecule has 3 N–H and O–H groups in total. The Labute approximate surface area is 110 Å². The molecule has 0 spiro atoms. The van der Waals surface area contributed by atoms with Gasteiger partial charge in [-0.3, -0.25) is 4.79 Å². The number of hydrogen-bond donors (Lipinski definition) is 3. The molecule has 1 heterocycles. The van der Waals surface area contributed by atoms with Gasteiger partial charge in [-0.05, 0) is 24.6 Å². The summed E-state index contributed by atoms with van der Waals surface area (Å²) in [5.41, 5.74) is 1.30. The van der Waals surface area contributed by atoms with E-state index in [1.807, 2.05) is 13.0 Å². The maximum absolute atomic E-state index is 11.9. The van der Waals surface area contributed by atoms with Gasteiger partial charge in [0.1, 0.15) is 5.69 Å². The van der Waals surface area contributed by atoms with Gasteiger partial charge in [-0.2, -0.15) is 0 Å². The lowest BCUT2D eigenvalue weighted by Gasteiger charge is -2.12. The third kappa shape index (κ3) is 2.66. The second-order valence-electron chi connectivity index (χ2n) is 4.18. The predicted octanol–water partition coefficient (Wildman–Crippen LogP) is 2.32. The molecule has 96 valence electrons. The van der Waals surface area contributed by atoms with Gasteiger partial charge < -0.3 is 15.4 Å². The van der Waals surface area contributed by atoms with E-state index in [9.17, 15) is 4.79 Å². The van der Waals surface area contributed by atoms with Gasteiger partial charge in [0.15, 0.2) is 0 Å². The largest absolute Gasteiger partial charge is 0.394 e. The van der Waals surface area contributed by atoms with Gasteiger partial charge in [0.2, 0.25) is 0 Å². The molecule has 2 aromatic rings. The summed E-state index contributed by atoms with van der Waals surface area (Å²) in [6.07, 6.45) is 0.689. The zero-order valence-corrected chi connectivity index (χ0v) is 10.8. The Morgan fingerprint density at radius 1 is 1.50 bits per heavy atom. The van der Waals surface area contributed by atoms with E-state index in [1.165, 1.54) is 0 Å². The van der Waals surface area contributed by atoms with E-state index in [0.717, 1.165) is 10.9 Å². The maximum Gasteiger partial charge on any atom is 0.268 e. The van der Waals surface area contributed by atoms with Crippen molar-refractivity contribution in [3.8, 4) is 0 Å². The third-order valence-corrected chi connectivity index (χ3v) is 3.11. The first-order valence-electron chi connectivity index (χ1n) is 5.84. The molecule has 0 saturated heterocycles. The van der Waals surface area contributed by atoms with E-state index >= 15 is 0 Å². The number of halogens is 1. The highest BCUT2D eigenvalue weighted by atomic mass is 35.5. The number of carbonyl (C=O) groups is 1. The molecular weight excluding hydrogens is 252 g/mol. The van der Waals surface area contributed by atoms with E-state index in [1.54, 1.807) is 18.2 Å². The molecule has 2 rings (SSSR count). The van der Waals surface area contributed by atoms with Gasteiger partial charge in [-0.1, -0.05) is 24.6 Å². The van der Waals surface area contributed by atoms with E-state index in [0.29, 0.717) is 17.1 Å². The fourth-order valence-electron chi connectivity index (χ4n) is 1.76. The molecule has 5 heteroatoms. The van der Waals surface area contributed by atoms with Crippen molar-refractivity contribution in [1.29, 1.82) is 0 Å². The Morgan fingerprint density at radius 2 is 2.28 bits per heavy atom. The number of benzene rings is 1. The zero-order chi connectivity index (χ0) is 13.1. The number of amides is 1. The average molecular weight is 267 g/mol. The summed E-state index contributed by atoms with van der Waals surface area (Å²) in [5, 5.41) is 13.4. The Bertz CT molecular complexity index is 561. The van der Waals surface area contributed by atoms with E-state index < -0.39 is 0 Å². The number of hydrogen-bond acceptors (Lipinski definition) is 2. The first-order valence-corrected chi connectivity index (χ1v) is 6.21. The lowest BCUT2D eigenvalue weighted by molar-refractivity contribution is 0.0910. The quantitative estimate of drug-likeness (QED) is 0.795. The fourth-order valence-corrected chi connectivity index (χ4v) is 1.93. The van der Waals surface area contributed by atoms with Gasteiger partial charge in [0.25, 0.3) is 5.91 Å². The molecule has 0 fully saturated rings. The fraction of sp³-hybridized carbons (Fsp3) is 0.308. The molecule has 1 aromatic heterocycles. The molecule has 0 aliphatic carbocycles. The summed E-state index contributed by atoms with van der Waals surface area (Å²) in [6, 6.07) is 6.96. The molecule has 0 aliphatic rings. The van der Waals surface area contributed by atoms with Gasteiger partial charge in [-0.15, -0.1) is 0 Å². The van der Waals surface area contributed by atoms with Gasteiger partial charge in [0.05, 0.1) is 12.6 Å². The summed E-state index contributed by atoms with van der Waals surface area (Å²) >= 11 is 5.88. The Morgan fingerprint density at radius 3 is 2.94 bits per heavy atom. The second-order valence-corrected chi connectivity index (χ2v) is 4.61. The van der Waals surface area contributed by atoms with Crippen LogP contribution in [0.25, 0.3) is 10.9 Å². The summed E-state index contributed by atoms with van der Waals surface area (Å²) < 4.78 is 0. The van der Waals surface area contributed by atoms with Gasteiger partial charge in [-0.25, -0.2) is 0 Å². The molecule has 0 radical (unpaired) electrons. The first kappa shape index (κ1) is 12.9. The summed E-state index contributed by atoms with van der Waals surface area (Å²) in [6.45, 7) is 1.85. The van der Waals surface area contributed by atoms with Crippen LogP contribution in [0.15, 0.2) is 24.3 Å². The van der Waals surface area contributed by atoms with Crippen LogP contribution >= 0.6 is 11.6 Å². The minimum absolute atomic E-state index is 0.0612. The number of aromatic amines is 1. The Balaban J connectivity index is 2.23. The SMILES string of the molecule is CCC(CO)NC(=O)c1cc2ccc(Cl)cc2[nH]1. The lowest BCUT2D eigenvalue weighted by Crippen LogP contribution is -2.37. The van der Waals surface area contributed by atoms with Gasteiger partial charge >= 0.3 is 0 Å². The molecule has 0 bridgehead atoms. The number of aliphatic hydroxyl groups excluding tert-OH is 1. The number of rotatable bonds is 4. The summed E-state index contributed by atoms with van der Waals surface area (Å²) in [4.78, 5) is 15.0. The minimum Gasteiger partial charge on any atom is -0.394 e. The highest BCUT2D eigenvalue weighted by Crippen LogP contribution is 2.19. The number of aromatic nitrogens is 1. The normalized spacial score (nSPS) is 12.6. The van der Waals surface area contributed by atoms with Crippen LogP contribution in [-0.2, 0) is 0 Å². The van der Waals surface area contributed by atoms with Crippen molar-refractivity contribution in [3.63, 3.8) is 0 Å². The van der Waals surface area contributed by atoms with Crippen LogP contribution in [0.1, 0.15) is 23.8 Å². The van der Waals surface area contributed by atoms with Crippen molar-refractivity contribution in [2.75, 3.05) is 6.61 Å². The van der Waals surface area contributed by atoms with Crippen LogP contribution in [0.4, 0.5) is 0 Å². The molecule has 1 aromatic carbocycles. The number of aliphatic hydroxyl groups is 1. The topological polar surface area (TPSA) is 65.1 Å². The highest BCUT2D eigenvalue weighted by Gasteiger charge is 2.13. The van der Waals surface area contributed by atoms with Crippen LogP contribution in [0.3, 0.4) is 0 Å². The van der Waals surface area contributed by atoms with Crippen LogP contribution in [0.5, 0.6) is 0 Å². The predicted molar refractivity (Wildman–Crippen MR) is 71.9 cm³/mol. The summed E-state index contributed by atoms with van der Waals surface area (Å²) in [7, 11) is 0. The van der Waals surface area contributed by atoms with Crippen molar-refractivity contribution < 1.29 is 9.90 Å². The summed E-state index contributed by atoms with van der Waals surface area (Å²) in [5.74, 6) is -0.219. The third-order valence-electron chi connectivity index (χ3n) is 2.88. The van der Waals surface area contributed by atoms with Crippen molar-refractivity contribution in [1.82, 2.24) is 10.3 Å². The molecular formula is C13H15ClN2O2. The van der Waals surface area contributed by atoms with Crippen molar-refractivity contribution in [2.45, 2.75) is 19.4 Å². The van der Waals surface area contributed by atoms with Crippen molar-refractivity contribution >= 4 is 28.4 Å². The molecule has 0 aliphatic heterocycles. The first-order chi connectivity index (χ1) is 8.63. The van der Waals surface area contributed by atoms with Gasteiger partial charge in [0, 0.05) is 15.9 Å². The second kappa shape index (κ2) is 5.42. The lowest BCUT2D eigenvalue weighted by atomic mass is 10.2. The number of nitrogens with one attached hydrogen (secondary N) is 2. The van der Waals surface area contributed by atoms with E-state index in [-0.39, 0.29) is 18.6 Å². The van der Waals surface area contributed by atoms with E-state index in [2.05, 4.69) is 10.3 Å². The Kier molecular flexibility index (Phi) is 3.89. The molecule has 0 saturated carbocycles. The maximum atomic E-state index is 11.9.